The van der Waals surface area contributed by atoms with E-state index in [0.717, 1.165) is 25.2 Å². The zero-order valence-corrected chi connectivity index (χ0v) is 12.0. The number of nitrogens with zero attached hydrogens (tertiary/aromatic N) is 1. The first-order chi connectivity index (χ1) is 10.2. The monoisotopic (exact) mass is 282 g/mol. The maximum Gasteiger partial charge on any atom is 0.340 e. The van der Waals surface area contributed by atoms with Gasteiger partial charge in [0.15, 0.2) is 0 Å². The Labute approximate surface area is 124 Å². The first-order valence-corrected chi connectivity index (χ1v) is 6.99. The standard InChI is InChI=1S/C17H18N2O2/c1-21-17(20)14-7-4-8-15(16(14)18)19-10-9-12-5-2-3-6-13(12)11-19/h2-8H,9-11,18H2,1H3. The van der Waals surface area contributed by atoms with Gasteiger partial charge in [-0.15, -0.1) is 0 Å². The Morgan fingerprint density at radius 1 is 1.14 bits per heavy atom. The molecule has 0 aromatic heterocycles. The van der Waals surface area contributed by atoms with Crippen molar-refractivity contribution in [1.82, 2.24) is 0 Å². The summed E-state index contributed by atoms with van der Waals surface area (Å²) in [6.45, 7) is 1.71. The fraction of sp³-hybridized carbons (Fsp3) is 0.235. The van der Waals surface area contributed by atoms with Gasteiger partial charge in [0.1, 0.15) is 0 Å². The van der Waals surface area contributed by atoms with Crippen LogP contribution in [0.1, 0.15) is 21.5 Å². The quantitative estimate of drug-likeness (QED) is 0.679. The molecule has 0 saturated heterocycles. The molecule has 0 spiro atoms. The lowest BCUT2D eigenvalue weighted by atomic mass is 9.99. The SMILES string of the molecule is COC(=O)c1cccc(N2CCc3ccccc3C2)c1N. The third-order valence-corrected chi connectivity index (χ3v) is 3.96. The Bertz CT molecular complexity index is 682. The summed E-state index contributed by atoms with van der Waals surface area (Å²) in [5.74, 6) is -0.397. The molecule has 1 aliphatic rings. The molecule has 0 radical (unpaired) electrons. The van der Waals surface area contributed by atoms with Crippen LogP contribution in [-0.4, -0.2) is 19.6 Å². The maximum absolute atomic E-state index is 11.7. The topological polar surface area (TPSA) is 55.6 Å². The Balaban J connectivity index is 1.94. The van der Waals surface area contributed by atoms with E-state index in [0.29, 0.717) is 11.3 Å². The number of fused-ring (bicyclic) bond motifs is 1. The van der Waals surface area contributed by atoms with Crippen LogP contribution in [0.2, 0.25) is 0 Å². The number of carbonyl (C=O) groups excluding carboxylic acids is 1. The third-order valence-electron chi connectivity index (χ3n) is 3.96. The van der Waals surface area contributed by atoms with Crippen molar-refractivity contribution in [2.75, 3.05) is 24.3 Å². The number of nitrogens with two attached hydrogens (primary N) is 1. The maximum atomic E-state index is 11.7. The Hall–Kier alpha value is -2.49. The van der Waals surface area contributed by atoms with Crippen LogP contribution in [0.4, 0.5) is 11.4 Å². The summed E-state index contributed by atoms with van der Waals surface area (Å²) < 4.78 is 4.78. The first kappa shape index (κ1) is 13.5. The van der Waals surface area contributed by atoms with Crippen molar-refractivity contribution in [2.24, 2.45) is 0 Å². The normalized spacial score (nSPS) is 13.7. The van der Waals surface area contributed by atoms with Gasteiger partial charge >= 0.3 is 5.97 Å². The molecule has 21 heavy (non-hydrogen) atoms. The molecule has 108 valence electrons. The van der Waals surface area contributed by atoms with Crippen molar-refractivity contribution in [2.45, 2.75) is 13.0 Å². The van der Waals surface area contributed by atoms with Gasteiger partial charge in [-0.1, -0.05) is 30.3 Å². The highest BCUT2D eigenvalue weighted by Crippen LogP contribution is 2.31. The van der Waals surface area contributed by atoms with Gasteiger partial charge in [-0.25, -0.2) is 4.79 Å². The molecule has 0 fully saturated rings. The Morgan fingerprint density at radius 2 is 1.90 bits per heavy atom. The molecule has 1 aliphatic heterocycles. The van der Waals surface area contributed by atoms with E-state index < -0.39 is 5.97 Å². The molecule has 4 heteroatoms. The summed E-state index contributed by atoms with van der Waals surface area (Å²) in [5.41, 5.74) is 10.7. The van der Waals surface area contributed by atoms with E-state index in [-0.39, 0.29) is 0 Å². The number of para-hydroxylation sites is 1. The summed E-state index contributed by atoms with van der Waals surface area (Å²) in [7, 11) is 1.37. The van der Waals surface area contributed by atoms with Gasteiger partial charge in [-0.05, 0) is 29.7 Å². The van der Waals surface area contributed by atoms with Crippen LogP contribution < -0.4 is 10.6 Å². The summed E-state index contributed by atoms with van der Waals surface area (Å²) in [4.78, 5) is 14.0. The molecule has 2 aromatic carbocycles. The van der Waals surface area contributed by atoms with Gasteiger partial charge in [-0.2, -0.15) is 0 Å². The molecule has 4 nitrogen and oxygen atoms in total. The van der Waals surface area contributed by atoms with Crippen molar-refractivity contribution in [3.63, 3.8) is 0 Å². The minimum atomic E-state index is -0.397. The largest absolute Gasteiger partial charge is 0.465 e. The molecule has 0 atom stereocenters. The van der Waals surface area contributed by atoms with Crippen molar-refractivity contribution in [3.05, 3.63) is 59.2 Å². The molecule has 0 bridgehead atoms. The molecule has 2 N–H and O–H groups in total. The van der Waals surface area contributed by atoms with E-state index in [4.69, 9.17) is 10.5 Å². The van der Waals surface area contributed by atoms with Crippen molar-refractivity contribution in [1.29, 1.82) is 0 Å². The average Bonchev–Trinajstić information content (AvgIpc) is 2.54. The Kier molecular flexibility index (Phi) is 3.52. The predicted octanol–water partition coefficient (Wildman–Crippen LogP) is 2.62. The number of hydrogen-bond donors (Lipinski definition) is 1. The van der Waals surface area contributed by atoms with Crippen LogP contribution in [0.25, 0.3) is 0 Å². The zero-order valence-electron chi connectivity index (χ0n) is 12.0. The number of carbonyl (C=O) groups is 1. The van der Waals surface area contributed by atoms with Crippen molar-refractivity contribution < 1.29 is 9.53 Å². The number of ether oxygens (including phenoxy) is 1. The molecule has 0 aliphatic carbocycles. The summed E-state index contributed by atoms with van der Waals surface area (Å²) in [6, 6.07) is 13.9. The van der Waals surface area contributed by atoms with Gasteiger partial charge < -0.3 is 15.4 Å². The second kappa shape index (κ2) is 5.48. The Morgan fingerprint density at radius 3 is 2.67 bits per heavy atom. The number of hydrogen-bond acceptors (Lipinski definition) is 4. The molecule has 0 unspecified atom stereocenters. The van der Waals surface area contributed by atoms with E-state index >= 15 is 0 Å². The lowest BCUT2D eigenvalue weighted by Crippen LogP contribution is -2.31. The molecule has 0 amide bonds. The number of rotatable bonds is 2. The molecular formula is C17H18N2O2. The number of esters is 1. The van der Waals surface area contributed by atoms with E-state index in [1.165, 1.54) is 18.2 Å². The molecule has 1 heterocycles. The fourth-order valence-corrected chi connectivity index (χ4v) is 2.82. The van der Waals surface area contributed by atoms with Gasteiger partial charge in [0.2, 0.25) is 0 Å². The smallest absolute Gasteiger partial charge is 0.340 e. The number of nitrogen functional groups attached to an aromatic ring is 1. The van der Waals surface area contributed by atoms with Crippen LogP contribution in [-0.2, 0) is 17.7 Å². The summed E-state index contributed by atoms with van der Waals surface area (Å²) in [6.07, 6.45) is 0.984. The minimum Gasteiger partial charge on any atom is -0.465 e. The minimum absolute atomic E-state index is 0.397. The van der Waals surface area contributed by atoms with Gasteiger partial charge in [0.25, 0.3) is 0 Å². The molecule has 3 rings (SSSR count). The van der Waals surface area contributed by atoms with Gasteiger partial charge in [-0.3, -0.25) is 0 Å². The highest BCUT2D eigenvalue weighted by Gasteiger charge is 2.20. The van der Waals surface area contributed by atoms with Gasteiger partial charge in [0.05, 0.1) is 24.0 Å². The van der Waals surface area contributed by atoms with Crippen LogP contribution in [0.5, 0.6) is 0 Å². The van der Waals surface area contributed by atoms with E-state index in [1.54, 1.807) is 6.07 Å². The van der Waals surface area contributed by atoms with Crippen LogP contribution in [0.3, 0.4) is 0 Å². The van der Waals surface area contributed by atoms with Crippen LogP contribution in [0, 0.1) is 0 Å². The van der Waals surface area contributed by atoms with Crippen LogP contribution in [0.15, 0.2) is 42.5 Å². The summed E-state index contributed by atoms with van der Waals surface area (Å²) >= 11 is 0. The van der Waals surface area contributed by atoms with Gasteiger partial charge in [0, 0.05) is 13.1 Å². The zero-order chi connectivity index (χ0) is 14.8. The second-order valence-corrected chi connectivity index (χ2v) is 5.17. The average molecular weight is 282 g/mol. The van der Waals surface area contributed by atoms with Crippen molar-refractivity contribution >= 4 is 17.3 Å². The lowest BCUT2D eigenvalue weighted by molar-refractivity contribution is 0.0602. The molecule has 0 saturated carbocycles. The van der Waals surface area contributed by atoms with E-state index in [1.807, 2.05) is 12.1 Å². The molecular weight excluding hydrogens is 264 g/mol. The number of methoxy groups -OCH3 is 1. The molecule has 2 aromatic rings. The lowest BCUT2D eigenvalue weighted by Gasteiger charge is -2.31. The third kappa shape index (κ3) is 2.44. The predicted molar refractivity (Wildman–Crippen MR) is 83.4 cm³/mol. The summed E-state index contributed by atoms with van der Waals surface area (Å²) in [5, 5.41) is 0. The highest BCUT2D eigenvalue weighted by atomic mass is 16.5. The first-order valence-electron chi connectivity index (χ1n) is 6.99. The number of anilines is 2. The second-order valence-electron chi connectivity index (χ2n) is 5.17. The van der Waals surface area contributed by atoms with Crippen LogP contribution >= 0.6 is 0 Å². The van der Waals surface area contributed by atoms with E-state index in [9.17, 15) is 4.79 Å². The van der Waals surface area contributed by atoms with E-state index in [2.05, 4.69) is 29.2 Å². The number of benzene rings is 2. The highest BCUT2D eigenvalue weighted by molar-refractivity contribution is 5.98. The van der Waals surface area contributed by atoms with Crippen molar-refractivity contribution in [3.8, 4) is 0 Å². The fourth-order valence-electron chi connectivity index (χ4n) is 2.82.